The topological polar surface area (TPSA) is 23.6 Å². The van der Waals surface area contributed by atoms with Gasteiger partial charge in [-0.15, -0.1) is 0 Å². The first-order chi connectivity index (χ1) is 11.8. The lowest BCUT2D eigenvalue weighted by Gasteiger charge is -2.48. The molecule has 0 spiro atoms. The quantitative estimate of drug-likeness (QED) is 0.844. The van der Waals surface area contributed by atoms with Crippen molar-refractivity contribution in [3.63, 3.8) is 0 Å². The van der Waals surface area contributed by atoms with Gasteiger partial charge in [0.15, 0.2) is 0 Å². The molecule has 0 unspecified atom stereocenters. The average Bonchev–Trinajstić information content (AvgIpc) is 3.36. The van der Waals surface area contributed by atoms with E-state index in [0.29, 0.717) is 11.8 Å². The molecule has 0 aromatic heterocycles. The second-order valence-corrected chi connectivity index (χ2v) is 7.90. The van der Waals surface area contributed by atoms with Gasteiger partial charge in [0.25, 0.3) is 0 Å². The molecular formula is C21H30N2O. The molecule has 1 aromatic rings. The van der Waals surface area contributed by atoms with Crippen LogP contribution in [0.2, 0.25) is 0 Å². The lowest BCUT2D eigenvalue weighted by molar-refractivity contribution is -0.138. The zero-order chi connectivity index (χ0) is 16.4. The van der Waals surface area contributed by atoms with Crippen molar-refractivity contribution in [1.82, 2.24) is 9.80 Å². The van der Waals surface area contributed by atoms with E-state index in [-0.39, 0.29) is 5.54 Å². The lowest BCUT2D eigenvalue weighted by atomic mass is 9.79. The Morgan fingerprint density at radius 3 is 2.12 bits per heavy atom. The summed E-state index contributed by atoms with van der Waals surface area (Å²) in [7, 11) is 0. The zero-order valence-corrected chi connectivity index (χ0v) is 14.8. The fourth-order valence-electron chi connectivity index (χ4n) is 5.21. The summed E-state index contributed by atoms with van der Waals surface area (Å²) in [6.07, 6.45) is 9.54. The maximum Gasteiger partial charge on any atom is 0.225 e. The van der Waals surface area contributed by atoms with Crippen molar-refractivity contribution in [2.24, 2.45) is 5.92 Å². The first kappa shape index (κ1) is 16.1. The molecule has 0 radical (unpaired) electrons. The summed E-state index contributed by atoms with van der Waals surface area (Å²) in [5.74, 6) is 0.761. The van der Waals surface area contributed by atoms with Crippen LogP contribution in [-0.2, 0) is 10.3 Å². The number of likely N-dealkylation sites (tertiary alicyclic amines) is 2. The van der Waals surface area contributed by atoms with Gasteiger partial charge in [0.2, 0.25) is 5.91 Å². The lowest BCUT2D eigenvalue weighted by Crippen LogP contribution is -2.54. The van der Waals surface area contributed by atoms with Gasteiger partial charge in [-0.25, -0.2) is 0 Å². The van der Waals surface area contributed by atoms with Crippen molar-refractivity contribution in [2.45, 2.75) is 56.9 Å². The number of carbonyl (C=O) groups is 1. The summed E-state index contributed by atoms with van der Waals surface area (Å²) in [5, 5.41) is 0. The molecule has 4 rings (SSSR count). The van der Waals surface area contributed by atoms with Gasteiger partial charge >= 0.3 is 0 Å². The van der Waals surface area contributed by atoms with E-state index in [1.807, 2.05) is 0 Å². The van der Waals surface area contributed by atoms with Gasteiger partial charge in [0.05, 0.1) is 0 Å². The van der Waals surface area contributed by atoms with Crippen LogP contribution in [0.4, 0.5) is 0 Å². The normalized spacial score (nSPS) is 25.2. The molecule has 2 heterocycles. The number of carbonyl (C=O) groups excluding carboxylic acids is 1. The predicted octanol–water partition coefficient (Wildman–Crippen LogP) is 3.79. The molecule has 2 aliphatic heterocycles. The maximum atomic E-state index is 12.8. The molecule has 1 saturated carbocycles. The molecule has 3 aliphatic rings. The van der Waals surface area contributed by atoms with Crippen LogP contribution in [0.3, 0.4) is 0 Å². The number of piperidine rings is 1. The highest BCUT2D eigenvalue weighted by Gasteiger charge is 2.43. The molecule has 0 atom stereocenters. The van der Waals surface area contributed by atoms with Crippen LogP contribution < -0.4 is 0 Å². The highest BCUT2D eigenvalue weighted by molar-refractivity contribution is 5.79. The summed E-state index contributed by atoms with van der Waals surface area (Å²) in [6.45, 7) is 4.29. The van der Waals surface area contributed by atoms with E-state index in [1.165, 1.54) is 44.3 Å². The highest BCUT2D eigenvalue weighted by atomic mass is 16.2. The third-order valence-electron chi connectivity index (χ3n) is 6.63. The van der Waals surface area contributed by atoms with Crippen molar-refractivity contribution in [3.8, 4) is 0 Å². The molecule has 3 heteroatoms. The molecule has 3 nitrogen and oxygen atoms in total. The number of rotatable bonds is 3. The minimum Gasteiger partial charge on any atom is -0.342 e. The number of nitrogens with zero attached hydrogens (tertiary/aromatic N) is 2. The molecule has 0 N–H and O–H groups in total. The Morgan fingerprint density at radius 2 is 1.50 bits per heavy atom. The van der Waals surface area contributed by atoms with Crippen molar-refractivity contribution >= 4 is 5.91 Å². The summed E-state index contributed by atoms with van der Waals surface area (Å²) >= 11 is 0. The van der Waals surface area contributed by atoms with Gasteiger partial charge in [-0.1, -0.05) is 43.2 Å². The van der Waals surface area contributed by atoms with Gasteiger partial charge in [0, 0.05) is 24.5 Å². The molecule has 3 fully saturated rings. The van der Waals surface area contributed by atoms with E-state index in [0.717, 1.165) is 38.8 Å². The van der Waals surface area contributed by atoms with Gasteiger partial charge < -0.3 is 4.90 Å². The van der Waals surface area contributed by atoms with E-state index in [2.05, 4.69) is 40.1 Å². The van der Waals surface area contributed by atoms with Crippen LogP contribution in [0.5, 0.6) is 0 Å². The van der Waals surface area contributed by atoms with Gasteiger partial charge in [0.1, 0.15) is 0 Å². The van der Waals surface area contributed by atoms with Crippen LogP contribution in [0.15, 0.2) is 30.3 Å². The minimum absolute atomic E-state index is 0.157. The Bertz CT molecular complexity index is 550. The number of hydrogen-bond acceptors (Lipinski definition) is 2. The molecular weight excluding hydrogens is 296 g/mol. The van der Waals surface area contributed by atoms with Crippen molar-refractivity contribution in [1.29, 1.82) is 0 Å². The summed E-state index contributed by atoms with van der Waals surface area (Å²) < 4.78 is 0. The molecule has 1 amide bonds. The summed E-state index contributed by atoms with van der Waals surface area (Å²) in [4.78, 5) is 17.7. The van der Waals surface area contributed by atoms with Crippen LogP contribution >= 0.6 is 0 Å². The van der Waals surface area contributed by atoms with Gasteiger partial charge in [-0.2, -0.15) is 0 Å². The average molecular weight is 326 g/mol. The number of amides is 1. The first-order valence-corrected chi connectivity index (χ1v) is 9.89. The fourth-order valence-corrected chi connectivity index (χ4v) is 5.21. The molecule has 0 bridgehead atoms. The van der Waals surface area contributed by atoms with Crippen molar-refractivity contribution in [3.05, 3.63) is 35.9 Å². The smallest absolute Gasteiger partial charge is 0.225 e. The SMILES string of the molecule is O=C(C1CCCC1)N1CCC(c2ccccc2)(N2CCCC2)CC1. The molecule has 24 heavy (non-hydrogen) atoms. The number of benzene rings is 1. The Labute approximate surface area is 146 Å². The molecule has 2 saturated heterocycles. The van der Waals surface area contributed by atoms with Gasteiger partial charge in [-0.05, 0) is 57.2 Å². The molecule has 1 aromatic carbocycles. The second-order valence-electron chi connectivity index (χ2n) is 7.90. The van der Waals surface area contributed by atoms with E-state index < -0.39 is 0 Å². The third kappa shape index (κ3) is 2.88. The predicted molar refractivity (Wildman–Crippen MR) is 96.7 cm³/mol. The van der Waals surface area contributed by atoms with E-state index >= 15 is 0 Å². The van der Waals surface area contributed by atoms with Gasteiger partial charge in [-0.3, -0.25) is 9.69 Å². The minimum atomic E-state index is 0.157. The Balaban J connectivity index is 1.51. The van der Waals surface area contributed by atoms with E-state index in [1.54, 1.807) is 0 Å². The van der Waals surface area contributed by atoms with Crippen LogP contribution in [-0.4, -0.2) is 41.9 Å². The molecule has 1 aliphatic carbocycles. The Hall–Kier alpha value is -1.35. The largest absolute Gasteiger partial charge is 0.342 e. The Kier molecular flexibility index (Phi) is 4.62. The van der Waals surface area contributed by atoms with E-state index in [4.69, 9.17) is 0 Å². The highest BCUT2D eigenvalue weighted by Crippen LogP contribution is 2.41. The monoisotopic (exact) mass is 326 g/mol. The maximum absolute atomic E-state index is 12.8. The zero-order valence-electron chi connectivity index (χ0n) is 14.8. The van der Waals surface area contributed by atoms with Crippen LogP contribution in [0, 0.1) is 5.92 Å². The Morgan fingerprint density at radius 1 is 0.875 bits per heavy atom. The second kappa shape index (κ2) is 6.87. The number of hydrogen-bond donors (Lipinski definition) is 0. The summed E-state index contributed by atoms with van der Waals surface area (Å²) in [6, 6.07) is 11.0. The van der Waals surface area contributed by atoms with Crippen molar-refractivity contribution in [2.75, 3.05) is 26.2 Å². The van der Waals surface area contributed by atoms with Crippen LogP contribution in [0.1, 0.15) is 56.9 Å². The molecule has 130 valence electrons. The fraction of sp³-hybridized carbons (Fsp3) is 0.667. The standard InChI is InChI=1S/C21H30N2O/c24-20(18-8-4-5-9-18)22-16-12-21(13-17-22,23-14-6-7-15-23)19-10-2-1-3-11-19/h1-3,10-11,18H,4-9,12-17H2. The first-order valence-electron chi connectivity index (χ1n) is 9.89. The van der Waals surface area contributed by atoms with Crippen molar-refractivity contribution < 1.29 is 4.79 Å². The van der Waals surface area contributed by atoms with E-state index in [9.17, 15) is 4.79 Å². The van der Waals surface area contributed by atoms with Crippen LogP contribution in [0.25, 0.3) is 0 Å². The summed E-state index contributed by atoms with van der Waals surface area (Å²) in [5.41, 5.74) is 1.62. The third-order valence-corrected chi connectivity index (χ3v) is 6.63.